The quantitative estimate of drug-likeness (QED) is 0.482. The second kappa shape index (κ2) is 7.95. The third kappa shape index (κ3) is 3.48. The van der Waals surface area contributed by atoms with Crippen molar-refractivity contribution in [3.05, 3.63) is 65.0 Å². The van der Waals surface area contributed by atoms with Gasteiger partial charge >= 0.3 is 0 Å². The van der Waals surface area contributed by atoms with Gasteiger partial charge in [-0.25, -0.2) is 0 Å². The van der Waals surface area contributed by atoms with E-state index in [2.05, 4.69) is 34.7 Å². The zero-order chi connectivity index (χ0) is 20.5. The second-order valence-corrected chi connectivity index (χ2v) is 8.33. The molecule has 0 aliphatic carbocycles. The lowest BCUT2D eigenvalue weighted by Crippen LogP contribution is -2.18. The van der Waals surface area contributed by atoms with Crippen LogP contribution in [0, 0.1) is 0 Å². The van der Waals surface area contributed by atoms with Gasteiger partial charge in [0.2, 0.25) is 0 Å². The second-order valence-electron chi connectivity index (χ2n) is 7.32. The van der Waals surface area contributed by atoms with E-state index in [1.54, 1.807) is 0 Å². The van der Waals surface area contributed by atoms with Crippen molar-refractivity contribution in [3.8, 4) is 11.5 Å². The molecule has 2 heterocycles. The Hall–Kier alpha value is -3.12. The van der Waals surface area contributed by atoms with Crippen LogP contribution in [0.5, 0.6) is 11.5 Å². The van der Waals surface area contributed by atoms with Crippen molar-refractivity contribution in [3.63, 3.8) is 0 Å². The largest absolute Gasteiger partial charge is 0.486 e. The molecule has 0 unspecified atom stereocenters. The fourth-order valence-corrected chi connectivity index (χ4v) is 4.97. The number of carbonyl (C=O) groups excluding carboxylic acids is 1. The Kier molecular flexibility index (Phi) is 5.01. The van der Waals surface area contributed by atoms with Crippen LogP contribution in [0.15, 0.2) is 59.6 Å². The lowest BCUT2D eigenvalue weighted by atomic mass is 10.0. The minimum Gasteiger partial charge on any atom is -0.486 e. The van der Waals surface area contributed by atoms with Crippen molar-refractivity contribution in [1.82, 2.24) is 4.57 Å². The van der Waals surface area contributed by atoms with Crippen LogP contribution in [0.4, 0.5) is 0 Å². The monoisotopic (exact) mass is 418 g/mol. The summed E-state index contributed by atoms with van der Waals surface area (Å²) in [6.45, 7) is 4.02. The highest BCUT2D eigenvalue weighted by Gasteiger charge is 2.17. The van der Waals surface area contributed by atoms with Crippen LogP contribution in [0.2, 0.25) is 0 Å². The third-order valence-electron chi connectivity index (χ3n) is 5.24. The molecule has 6 heteroatoms. The van der Waals surface area contributed by atoms with E-state index in [4.69, 9.17) is 9.47 Å². The maximum absolute atomic E-state index is 12.9. The number of aromatic nitrogens is 1. The van der Waals surface area contributed by atoms with Crippen LogP contribution in [0.25, 0.3) is 21.0 Å². The predicted octanol–water partition coefficient (Wildman–Crippen LogP) is 4.71. The normalized spacial score (nSPS) is 13.8. The Balaban J connectivity index is 1.55. The third-order valence-corrected chi connectivity index (χ3v) is 6.28. The molecule has 4 aromatic rings. The number of rotatable bonds is 4. The minimum atomic E-state index is -0.139. The van der Waals surface area contributed by atoms with Crippen molar-refractivity contribution in [2.75, 3.05) is 13.2 Å². The first-order valence-corrected chi connectivity index (χ1v) is 11.0. The number of amides is 1. The van der Waals surface area contributed by atoms with E-state index in [1.165, 1.54) is 11.3 Å². The van der Waals surface area contributed by atoms with E-state index < -0.39 is 0 Å². The molecule has 3 aromatic carbocycles. The summed E-state index contributed by atoms with van der Waals surface area (Å²) in [7, 11) is 0. The van der Waals surface area contributed by atoms with Gasteiger partial charge in [0.1, 0.15) is 13.2 Å². The summed E-state index contributed by atoms with van der Waals surface area (Å²) < 4.78 is 14.6. The summed E-state index contributed by atoms with van der Waals surface area (Å²) in [5, 5.41) is 2.24. The van der Waals surface area contributed by atoms with E-state index in [1.807, 2.05) is 36.4 Å². The van der Waals surface area contributed by atoms with Crippen molar-refractivity contribution in [1.29, 1.82) is 0 Å². The number of hydrogen-bond acceptors (Lipinski definition) is 4. The fraction of sp³-hybridized carbons (Fsp3) is 0.250. The Labute approximate surface area is 178 Å². The molecule has 0 N–H and O–H groups in total. The zero-order valence-electron chi connectivity index (χ0n) is 16.8. The number of aryl methyl sites for hydroxylation is 1. The zero-order valence-corrected chi connectivity index (χ0v) is 17.6. The van der Waals surface area contributed by atoms with Crippen molar-refractivity contribution < 1.29 is 14.3 Å². The SMILES string of the molecule is CCCn1c(=NC(=O)Cc2cccc3ccccc23)sc2cc3c(cc21)OCCO3. The number of carbonyl (C=O) groups is 1. The average molecular weight is 419 g/mol. The summed E-state index contributed by atoms with van der Waals surface area (Å²) in [4.78, 5) is 18.1. The van der Waals surface area contributed by atoms with Gasteiger partial charge in [0.15, 0.2) is 16.3 Å². The van der Waals surface area contributed by atoms with Gasteiger partial charge in [-0.1, -0.05) is 60.7 Å². The van der Waals surface area contributed by atoms with Gasteiger partial charge in [0.05, 0.1) is 16.6 Å². The summed E-state index contributed by atoms with van der Waals surface area (Å²) >= 11 is 1.52. The first-order chi connectivity index (χ1) is 14.7. The Bertz CT molecular complexity index is 1310. The highest BCUT2D eigenvalue weighted by Crippen LogP contribution is 2.35. The van der Waals surface area contributed by atoms with Gasteiger partial charge in [0, 0.05) is 18.7 Å². The standard InChI is InChI=1S/C24H22N2O3S/c1-2-10-26-19-14-20-21(29-12-11-28-20)15-22(19)30-24(26)25-23(27)13-17-8-5-7-16-6-3-4-9-18(16)17/h3-9,14-15H,2,10-13H2,1H3. The maximum Gasteiger partial charge on any atom is 0.252 e. The molecule has 0 radical (unpaired) electrons. The first-order valence-electron chi connectivity index (χ1n) is 10.2. The molecule has 0 atom stereocenters. The fourth-order valence-electron chi connectivity index (χ4n) is 3.89. The van der Waals surface area contributed by atoms with E-state index in [9.17, 15) is 4.79 Å². The van der Waals surface area contributed by atoms with Gasteiger partial charge in [-0.15, -0.1) is 0 Å². The van der Waals surface area contributed by atoms with Crippen molar-refractivity contribution in [2.24, 2.45) is 4.99 Å². The van der Waals surface area contributed by atoms with Crippen molar-refractivity contribution >= 4 is 38.2 Å². The van der Waals surface area contributed by atoms with Crippen LogP contribution in [-0.4, -0.2) is 23.7 Å². The van der Waals surface area contributed by atoms with Gasteiger partial charge < -0.3 is 14.0 Å². The number of thiazole rings is 1. The molecule has 0 fully saturated rings. The molecule has 0 bridgehead atoms. The molecular weight excluding hydrogens is 396 g/mol. The molecule has 0 saturated carbocycles. The Morgan fingerprint density at radius 3 is 2.67 bits per heavy atom. The molecule has 5 rings (SSSR count). The summed E-state index contributed by atoms with van der Waals surface area (Å²) in [5.74, 6) is 1.37. The van der Waals surface area contributed by atoms with Crippen LogP contribution in [0.3, 0.4) is 0 Å². The van der Waals surface area contributed by atoms with Crippen LogP contribution in [-0.2, 0) is 17.8 Å². The lowest BCUT2D eigenvalue weighted by molar-refractivity contribution is -0.117. The van der Waals surface area contributed by atoms with Crippen molar-refractivity contribution in [2.45, 2.75) is 26.3 Å². The molecule has 30 heavy (non-hydrogen) atoms. The topological polar surface area (TPSA) is 52.8 Å². The van der Waals surface area contributed by atoms with Gasteiger partial charge in [-0.2, -0.15) is 4.99 Å². The van der Waals surface area contributed by atoms with Crippen LogP contribution < -0.4 is 14.3 Å². The number of benzene rings is 3. The maximum atomic E-state index is 12.9. The number of hydrogen-bond donors (Lipinski definition) is 0. The highest BCUT2D eigenvalue weighted by atomic mass is 32.1. The Morgan fingerprint density at radius 1 is 1.07 bits per heavy atom. The number of nitrogens with zero attached hydrogens (tertiary/aromatic N) is 2. The van der Waals surface area contributed by atoms with E-state index in [0.29, 0.717) is 13.2 Å². The number of fused-ring (bicyclic) bond motifs is 3. The van der Waals surface area contributed by atoms with E-state index >= 15 is 0 Å². The first kappa shape index (κ1) is 18.9. The molecule has 152 valence electrons. The van der Waals surface area contributed by atoms with E-state index in [-0.39, 0.29) is 12.3 Å². The molecule has 0 saturated heterocycles. The number of ether oxygens (including phenoxy) is 2. The molecule has 0 spiro atoms. The highest BCUT2D eigenvalue weighted by molar-refractivity contribution is 7.16. The van der Waals surface area contributed by atoms with Crippen LogP contribution in [0.1, 0.15) is 18.9 Å². The molecular formula is C24H22N2O3S. The van der Waals surface area contributed by atoms with Gasteiger partial charge in [0.25, 0.3) is 5.91 Å². The van der Waals surface area contributed by atoms with E-state index in [0.717, 1.165) is 55.8 Å². The smallest absolute Gasteiger partial charge is 0.252 e. The summed E-state index contributed by atoms with van der Waals surface area (Å²) in [6, 6.07) is 18.2. The summed E-state index contributed by atoms with van der Waals surface area (Å²) in [6.07, 6.45) is 1.23. The molecule has 1 aromatic heterocycles. The van der Waals surface area contributed by atoms with Gasteiger partial charge in [-0.3, -0.25) is 4.79 Å². The molecule has 1 amide bonds. The van der Waals surface area contributed by atoms with Gasteiger partial charge in [-0.05, 0) is 22.8 Å². The predicted molar refractivity (Wildman–Crippen MR) is 119 cm³/mol. The summed E-state index contributed by atoms with van der Waals surface area (Å²) in [5.41, 5.74) is 2.03. The Morgan fingerprint density at radius 2 is 1.83 bits per heavy atom. The van der Waals surface area contributed by atoms with Crippen LogP contribution >= 0.6 is 11.3 Å². The molecule has 1 aliphatic heterocycles. The lowest BCUT2D eigenvalue weighted by Gasteiger charge is -2.18. The molecule has 1 aliphatic rings. The average Bonchev–Trinajstić information content (AvgIpc) is 3.08. The minimum absolute atomic E-state index is 0.139. The molecule has 5 nitrogen and oxygen atoms in total.